The first-order chi connectivity index (χ1) is 7.83. The molecule has 0 aliphatic carbocycles. The fourth-order valence-electron chi connectivity index (χ4n) is 2.11. The normalized spacial score (nSPS) is 15.9. The van der Waals surface area contributed by atoms with Gasteiger partial charge >= 0.3 is 0 Å². The summed E-state index contributed by atoms with van der Waals surface area (Å²) in [6.07, 6.45) is 3.80. The molecule has 0 bridgehead atoms. The quantitative estimate of drug-likeness (QED) is 0.784. The maximum Gasteiger partial charge on any atom is 0.186 e. The van der Waals surface area contributed by atoms with Crippen LogP contribution >= 0.6 is 23.7 Å². The molecule has 3 rings (SSSR count). The zero-order chi connectivity index (χ0) is 11.0. The lowest BCUT2D eigenvalue weighted by Gasteiger charge is -2.25. The molecule has 1 aromatic carbocycles. The Balaban J connectivity index is 0.00000108. The van der Waals surface area contributed by atoms with Crippen molar-refractivity contribution in [2.45, 2.75) is 19.3 Å². The number of fused-ring (bicyclic) bond motifs is 1. The molecule has 2 heterocycles. The number of rotatable bonds is 1. The van der Waals surface area contributed by atoms with Crippen LogP contribution in [0.2, 0.25) is 0 Å². The average molecular weight is 273 g/mol. The van der Waals surface area contributed by atoms with Crippen molar-refractivity contribution in [2.75, 3.05) is 18.0 Å². The van der Waals surface area contributed by atoms with E-state index in [-0.39, 0.29) is 18.2 Å². The van der Waals surface area contributed by atoms with Crippen LogP contribution < -0.4 is 4.90 Å². The SMILES string of the molecule is Cl.Fc1ccc2nc(N3CCCCC3)sc2c1. The Bertz CT molecular complexity index is 508. The van der Waals surface area contributed by atoms with Crippen molar-refractivity contribution < 1.29 is 4.39 Å². The molecule has 2 nitrogen and oxygen atoms in total. The van der Waals surface area contributed by atoms with Crippen molar-refractivity contribution in [3.63, 3.8) is 0 Å². The Kier molecular flexibility index (Phi) is 3.84. The number of anilines is 1. The molecule has 2 aromatic rings. The maximum atomic E-state index is 13.1. The zero-order valence-corrected chi connectivity index (χ0v) is 11.0. The van der Waals surface area contributed by atoms with Gasteiger partial charge in [-0.15, -0.1) is 12.4 Å². The van der Waals surface area contributed by atoms with E-state index in [1.165, 1.54) is 25.3 Å². The first-order valence-corrected chi connectivity index (χ1v) is 6.46. The van der Waals surface area contributed by atoms with Crippen LogP contribution in [0, 0.1) is 5.82 Å². The molecule has 1 aliphatic rings. The van der Waals surface area contributed by atoms with Gasteiger partial charge in [0.2, 0.25) is 0 Å². The highest BCUT2D eigenvalue weighted by Crippen LogP contribution is 2.30. The van der Waals surface area contributed by atoms with Crippen molar-refractivity contribution in [1.29, 1.82) is 0 Å². The van der Waals surface area contributed by atoms with Gasteiger partial charge in [0.15, 0.2) is 5.13 Å². The van der Waals surface area contributed by atoms with Crippen LogP contribution in [0.25, 0.3) is 10.2 Å². The molecule has 0 atom stereocenters. The lowest BCUT2D eigenvalue weighted by Crippen LogP contribution is -2.29. The highest BCUT2D eigenvalue weighted by molar-refractivity contribution is 7.22. The largest absolute Gasteiger partial charge is 0.348 e. The zero-order valence-electron chi connectivity index (χ0n) is 9.36. The lowest BCUT2D eigenvalue weighted by molar-refractivity contribution is 0.577. The maximum absolute atomic E-state index is 13.1. The van der Waals surface area contributed by atoms with Crippen molar-refractivity contribution in [2.24, 2.45) is 0 Å². The fraction of sp³-hybridized carbons (Fsp3) is 0.417. The standard InChI is InChI=1S/C12H13FN2S.ClH/c13-9-4-5-10-11(8-9)16-12(14-10)15-6-2-1-3-7-15;/h4-5,8H,1-3,6-7H2;1H. The second-order valence-corrected chi connectivity index (χ2v) is 5.17. The van der Waals surface area contributed by atoms with E-state index in [2.05, 4.69) is 9.88 Å². The van der Waals surface area contributed by atoms with Gasteiger partial charge in [0, 0.05) is 13.1 Å². The van der Waals surface area contributed by atoms with Gasteiger partial charge in [0.1, 0.15) is 5.82 Å². The number of nitrogens with zero attached hydrogens (tertiary/aromatic N) is 2. The first-order valence-electron chi connectivity index (χ1n) is 5.64. The van der Waals surface area contributed by atoms with Gasteiger partial charge in [-0.3, -0.25) is 0 Å². The molecule has 0 radical (unpaired) electrons. The van der Waals surface area contributed by atoms with E-state index in [4.69, 9.17) is 0 Å². The summed E-state index contributed by atoms with van der Waals surface area (Å²) in [5.74, 6) is -0.179. The van der Waals surface area contributed by atoms with Crippen LogP contribution in [0.3, 0.4) is 0 Å². The topological polar surface area (TPSA) is 16.1 Å². The number of hydrogen-bond acceptors (Lipinski definition) is 3. The Morgan fingerprint density at radius 1 is 1.18 bits per heavy atom. The van der Waals surface area contributed by atoms with Crippen molar-refractivity contribution in [3.8, 4) is 0 Å². The molecule has 0 amide bonds. The molecule has 5 heteroatoms. The van der Waals surface area contributed by atoms with Crippen LogP contribution in [0.15, 0.2) is 18.2 Å². The number of benzene rings is 1. The minimum absolute atomic E-state index is 0. The van der Waals surface area contributed by atoms with E-state index < -0.39 is 0 Å². The summed E-state index contributed by atoms with van der Waals surface area (Å²) in [6.45, 7) is 2.17. The second kappa shape index (κ2) is 5.19. The fourth-order valence-corrected chi connectivity index (χ4v) is 3.15. The van der Waals surface area contributed by atoms with Crippen molar-refractivity contribution >= 4 is 39.1 Å². The Morgan fingerprint density at radius 3 is 2.71 bits per heavy atom. The van der Waals surface area contributed by atoms with E-state index >= 15 is 0 Å². The monoisotopic (exact) mass is 272 g/mol. The number of aromatic nitrogens is 1. The smallest absolute Gasteiger partial charge is 0.186 e. The molecular weight excluding hydrogens is 259 g/mol. The minimum Gasteiger partial charge on any atom is -0.348 e. The minimum atomic E-state index is -0.179. The number of hydrogen-bond donors (Lipinski definition) is 0. The third-order valence-corrected chi connectivity index (χ3v) is 4.04. The second-order valence-electron chi connectivity index (χ2n) is 4.16. The van der Waals surface area contributed by atoms with Gasteiger partial charge in [-0.05, 0) is 37.5 Å². The van der Waals surface area contributed by atoms with Crippen LogP contribution in [0.1, 0.15) is 19.3 Å². The number of halogens is 2. The van der Waals surface area contributed by atoms with Crippen LogP contribution in [0.5, 0.6) is 0 Å². The summed E-state index contributed by atoms with van der Waals surface area (Å²) in [5.41, 5.74) is 0.909. The summed E-state index contributed by atoms with van der Waals surface area (Å²) in [6, 6.07) is 4.80. The third-order valence-electron chi connectivity index (χ3n) is 2.97. The highest BCUT2D eigenvalue weighted by Gasteiger charge is 2.14. The molecule has 1 aromatic heterocycles. The summed E-state index contributed by atoms with van der Waals surface area (Å²) in [4.78, 5) is 6.87. The van der Waals surface area contributed by atoms with Crippen molar-refractivity contribution in [1.82, 2.24) is 4.98 Å². The molecule has 1 saturated heterocycles. The molecule has 1 fully saturated rings. The van der Waals surface area contributed by atoms with E-state index in [0.717, 1.165) is 28.4 Å². The van der Waals surface area contributed by atoms with Gasteiger partial charge in [0.25, 0.3) is 0 Å². The van der Waals surface area contributed by atoms with E-state index in [1.54, 1.807) is 23.5 Å². The van der Waals surface area contributed by atoms with E-state index in [0.29, 0.717) is 0 Å². The molecule has 0 spiro atoms. The molecule has 92 valence electrons. The Hall–Kier alpha value is -0.870. The van der Waals surface area contributed by atoms with Gasteiger partial charge < -0.3 is 4.90 Å². The molecule has 0 saturated carbocycles. The molecule has 1 aliphatic heterocycles. The van der Waals surface area contributed by atoms with Crippen LogP contribution in [0.4, 0.5) is 9.52 Å². The summed E-state index contributed by atoms with van der Waals surface area (Å²) in [5, 5.41) is 1.04. The first kappa shape index (κ1) is 12.6. The van der Waals surface area contributed by atoms with Gasteiger partial charge in [-0.1, -0.05) is 11.3 Å². The van der Waals surface area contributed by atoms with Gasteiger partial charge in [0.05, 0.1) is 10.2 Å². The average Bonchev–Trinajstić information content (AvgIpc) is 2.73. The van der Waals surface area contributed by atoms with Gasteiger partial charge in [-0.25, -0.2) is 9.37 Å². The van der Waals surface area contributed by atoms with Crippen molar-refractivity contribution in [3.05, 3.63) is 24.0 Å². The Morgan fingerprint density at radius 2 is 1.94 bits per heavy atom. The molecule has 0 unspecified atom stereocenters. The number of thiazole rings is 1. The van der Waals surface area contributed by atoms with Crippen LogP contribution in [-0.4, -0.2) is 18.1 Å². The number of piperidine rings is 1. The molecular formula is C12H14ClFN2S. The Labute approximate surface area is 110 Å². The van der Waals surface area contributed by atoms with E-state index in [1.807, 2.05) is 0 Å². The lowest BCUT2D eigenvalue weighted by atomic mass is 10.1. The van der Waals surface area contributed by atoms with Gasteiger partial charge in [-0.2, -0.15) is 0 Å². The predicted molar refractivity (Wildman–Crippen MR) is 72.9 cm³/mol. The summed E-state index contributed by atoms with van der Waals surface area (Å²) < 4.78 is 14.0. The predicted octanol–water partition coefficient (Wildman–Crippen LogP) is 3.85. The summed E-state index contributed by atoms with van der Waals surface area (Å²) in [7, 11) is 0. The molecule has 0 N–H and O–H groups in total. The van der Waals surface area contributed by atoms with E-state index in [9.17, 15) is 4.39 Å². The van der Waals surface area contributed by atoms with Crippen LogP contribution in [-0.2, 0) is 0 Å². The third kappa shape index (κ3) is 2.53. The highest BCUT2D eigenvalue weighted by atomic mass is 35.5. The summed E-state index contributed by atoms with van der Waals surface area (Å²) >= 11 is 1.59. The molecule has 17 heavy (non-hydrogen) atoms.